The highest BCUT2D eigenvalue weighted by Crippen LogP contribution is 2.25. The minimum absolute atomic E-state index is 0.260. The second kappa shape index (κ2) is 7.82. The molecule has 0 radical (unpaired) electrons. The number of ether oxygens (including phenoxy) is 2. The fourth-order valence-corrected chi connectivity index (χ4v) is 2.54. The Morgan fingerprint density at radius 3 is 2.44 bits per heavy atom. The first-order valence-corrected chi connectivity index (χ1v) is 8.37. The van der Waals surface area contributed by atoms with Crippen molar-refractivity contribution in [3.05, 3.63) is 65.0 Å². The van der Waals surface area contributed by atoms with E-state index in [0.29, 0.717) is 35.0 Å². The number of carbonyl (C=O) groups is 1. The van der Waals surface area contributed by atoms with Gasteiger partial charge in [-0.25, -0.2) is 0 Å². The van der Waals surface area contributed by atoms with Crippen molar-refractivity contribution in [2.45, 2.75) is 20.5 Å². The van der Waals surface area contributed by atoms with E-state index >= 15 is 0 Å². The Kier molecular flexibility index (Phi) is 5.30. The Labute approximate surface area is 157 Å². The molecule has 7 nitrogen and oxygen atoms in total. The quantitative estimate of drug-likeness (QED) is 0.644. The zero-order valence-electron chi connectivity index (χ0n) is 15.4. The number of methoxy groups -OCH3 is 1. The van der Waals surface area contributed by atoms with Crippen molar-refractivity contribution in [1.82, 2.24) is 5.16 Å². The lowest BCUT2D eigenvalue weighted by Gasteiger charge is -2.10. The minimum atomic E-state index is -0.260. The van der Waals surface area contributed by atoms with E-state index in [0.717, 1.165) is 17.0 Å². The van der Waals surface area contributed by atoms with Gasteiger partial charge in [0.2, 0.25) is 0 Å². The number of nitrogens with one attached hydrogen (secondary N) is 1. The van der Waals surface area contributed by atoms with Crippen molar-refractivity contribution in [2.24, 2.45) is 0 Å². The summed E-state index contributed by atoms with van der Waals surface area (Å²) in [4.78, 5) is 12.4. The largest absolute Gasteiger partial charge is 0.497 e. The number of nitrogens with two attached hydrogens (primary N) is 1. The summed E-state index contributed by atoms with van der Waals surface area (Å²) in [6.45, 7) is 4.07. The Morgan fingerprint density at radius 1 is 1.15 bits per heavy atom. The van der Waals surface area contributed by atoms with Crippen LogP contribution >= 0.6 is 0 Å². The number of aromatic nitrogens is 1. The van der Waals surface area contributed by atoms with E-state index in [1.807, 2.05) is 13.8 Å². The number of hydrogen-bond acceptors (Lipinski definition) is 6. The van der Waals surface area contributed by atoms with Gasteiger partial charge in [-0.15, -0.1) is 0 Å². The Bertz CT molecular complexity index is 929. The van der Waals surface area contributed by atoms with Gasteiger partial charge >= 0.3 is 0 Å². The molecule has 3 rings (SSSR count). The third-order valence-corrected chi connectivity index (χ3v) is 4.19. The molecule has 0 saturated carbocycles. The lowest BCUT2D eigenvalue weighted by atomic mass is 10.2. The molecule has 1 amide bonds. The van der Waals surface area contributed by atoms with Gasteiger partial charge in [0.15, 0.2) is 0 Å². The van der Waals surface area contributed by atoms with Crippen molar-refractivity contribution in [3.63, 3.8) is 0 Å². The van der Waals surface area contributed by atoms with Gasteiger partial charge in [-0.1, -0.05) is 5.16 Å². The summed E-state index contributed by atoms with van der Waals surface area (Å²) in [6.07, 6.45) is 0. The van der Waals surface area contributed by atoms with Crippen LogP contribution in [0, 0.1) is 13.8 Å². The SMILES string of the molecule is COc1ccc(NC(=O)c2ccc(OCc3c(C)noc3C)cc2)c(N)c1. The van der Waals surface area contributed by atoms with E-state index in [1.165, 1.54) is 0 Å². The third-order valence-electron chi connectivity index (χ3n) is 4.19. The van der Waals surface area contributed by atoms with Crippen LogP contribution in [0.1, 0.15) is 27.4 Å². The lowest BCUT2D eigenvalue weighted by Crippen LogP contribution is -2.13. The van der Waals surface area contributed by atoms with Crippen LogP contribution in [0.15, 0.2) is 47.0 Å². The monoisotopic (exact) mass is 367 g/mol. The first-order valence-electron chi connectivity index (χ1n) is 8.37. The molecule has 0 aliphatic carbocycles. The first kappa shape index (κ1) is 18.3. The van der Waals surface area contributed by atoms with Gasteiger partial charge in [0.05, 0.1) is 29.7 Å². The molecular formula is C20H21N3O4. The van der Waals surface area contributed by atoms with Gasteiger partial charge in [-0.2, -0.15) is 0 Å². The third kappa shape index (κ3) is 4.20. The van der Waals surface area contributed by atoms with Crippen LogP contribution in [-0.4, -0.2) is 18.2 Å². The van der Waals surface area contributed by atoms with Crippen molar-refractivity contribution < 1.29 is 18.8 Å². The highest BCUT2D eigenvalue weighted by molar-refractivity contribution is 6.05. The van der Waals surface area contributed by atoms with E-state index in [1.54, 1.807) is 49.6 Å². The van der Waals surface area contributed by atoms with E-state index in [-0.39, 0.29) is 5.91 Å². The fourth-order valence-electron chi connectivity index (χ4n) is 2.54. The predicted molar refractivity (Wildman–Crippen MR) is 102 cm³/mol. The number of carbonyl (C=O) groups excluding carboxylic acids is 1. The summed E-state index contributed by atoms with van der Waals surface area (Å²) >= 11 is 0. The number of nitrogen functional groups attached to an aromatic ring is 1. The maximum absolute atomic E-state index is 12.4. The highest BCUT2D eigenvalue weighted by atomic mass is 16.5. The summed E-state index contributed by atoms with van der Waals surface area (Å²) in [5, 5.41) is 6.68. The summed E-state index contributed by atoms with van der Waals surface area (Å²) < 4.78 is 16.0. The maximum atomic E-state index is 12.4. The van der Waals surface area contributed by atoms with E-state index in [9.17, 15) is 4.79 Å². The number of amides is 1. The number of nitrogens with zero attached hydrogens (tertiary/aromatic N) is 1. The van der Waals surface area contributed by atoms with Crippen LogP contribution in [0.3, 0.4) is 0 Å². The van der Waals surface area contributed by atoms with Gasteiger partial charge in [0.1, 0.15) is 23.9 Å². The standard InChI is InChI=1S/C20H21N3O4/c1-12-17(13(2)27-23-12)11-26-15-6-4-14(5-7-15)20(24)22-19-9-8-16(25-3)10-18(19)21/h4-10H,11,21H2,1-3H3,(H,22,24). The highest BCUT2D eigenvalue weighted by Gasteiger charge is 2.11. The van der Waals surface area contributed by atoms with Gasteiger partial charge in [0, 0.05) is 11.6 Å². The van der Waals surface area contributed by atoms with E-state index in [4.69, 9.17) is 19.7 Å². The molecule has 27 heavy (non-hydrogen) atoms. The summed E-state index contributed by atoms with van der Waals surface area (Å²) in [6, 6.07) is 12.0. The smallest absolute Gasteiger partial charge is 0.255 e. The molecule has 3 N–H and O–H groups in total. The number of rotatable bonds is 6. The average molecular weight is 367 g/mol. The molecule has 0 unspecified atom stereocenters. The molecule has 1 aromatic heterocycles. The molecule has 0 spiro atoms. The zero-order chi connectivity index (χ0) is 19.4. The van der Waals surface area contributed by atoms with Gasteiger partial charge < -0.3 is 25.0 Å². The number of hydrogen-bond donors (Lipinski definition) is 2. The molecule has 0 aliphatic heterocycles. The molecule has 7 heteroatoms. The summed E-state index contributed by atoms with van der Waals surface area (Å²) in [5.41, 5.74) is 9.11. The second-order valence-electron chi connectivity index (χ2n) is 6.02. The molecule has 0 fully saturated rings. The summed E-state index contributed by atoms with van der Waals surface area (Å²) in [5.74, 6) is 1.76. The van der Waals surface area contributed by atoms with Gasteiger partial charge in [-0.3, -0.25) is 4.79 Å². The van der Waals surface area contributed by atoms with Crippen LogP contribution in [-0.2, 0) is 6.61 Å². The molecule has 3 aromatic rings. The molecule has 0 aliphatic rings. The predicted octanol–water partition coefficient (Wildman–Crippen LogP) is 3.71. The molecular weight excluding hydrogens is 346 g/mol. The normalized spacial score (nSPS) is 10.5. The maximum Gasteiger partial charge on any atom is 0.255 e. The van der Waals surface area contributed by atoms with Crippen molar-refractivity contribution in [1.29, 1.82) is 0 Å². The van der Waals surface area contributed by atoms with Crippen LogP contribution in [0.25, 0.3) is 0 Å². The number of anilines is 2. The molecule has 140 valence electrons. The molecule has 1 heterocycles. The van der Waals surface area contributed by atoms with Crippen LogP contribution in [0.4, 0.5) is 11.4 Å². The average Bonchev–Trinajstić information content (AvgIpc) is 2.99. The van der Waals surface area contributed by atoms with E-state index < -0.39 is 0 Å². The minimum Gasteiger partial charge on any atom is -0.497 e. The van der Waals surface area contributed by atoms with Crippen LogP contribution in [0.2, 0.25) is 0 Å². The lowest BCUT2D eigenvalue weighted by molar-refractivity contribution is 0.102. The van der Waals surface area contributed by atoms with Gasteiger partial charge in [-0.05, 0) is 50.2 Å². The van der Waals surface area contributed by atoms with Gasteiger partial charge in [0.25, 0.3) is 5.91 Å². The molecule has 2 aromatic carbocycles. The summed E-state index contributed by atoms with van der Waals surface area (Å²) in [7, 11) is 1.56. The number of benzene rings is 2. The molecule has 0 bridgehead atoms. The Hall–Kier alpha value is -3.48. The van der Waals surface area contributed by atoms with Crippen molar-refractivity contribution in [2.75, 3.05) is 18.2 Å². The Morgan fingerprint density at radius 2 is 1.85 bits per heavy atom. The molecule has 0 atom stereocenters. The fraction of sp³-hybridized carbons (Fsp3) is 0.200. The van der Waals surface area contributed by atoms with Crippen LogP contribution < -0.4 is 20.5 Å². The van der Waals surface area contributed by atoms with E-state index in [2.05, 4.69) is 10.5 Å². The second-order valence-corrected chi connectivity index (χ2v) is 6.02. The molecule has 0 saturated heterocycles. The number of aryl methyl sites for hydroxylation is 2. The first-order chi connectivity index (χ1) is 13.0. The van der Waals surface area contributed by atoms with Crippen molar-refractivity contribution in [3.8, 4) is 11.5 Å². The Balaban J connectivity index is 1.63. The zero-order valence-corrected chi connectivity index (χ0v) is 15.4. The van der Waals surface area contributed by atoms with Crippen molar-refractivity contribution >= 4 is 17.3 Å². The topological polar surface area (TPSA) is 99.6 Å². The van der Waals surface area contributed by atoms with Crippen LogP contribution in [0.5, 0.6) is 11.5 Å².